The van der Waals surface area contributed by atoms with Gasteiger partial charge in [0.15, 0.2) is 5.75 Å². The van der Waals surface area contributed by atoms with Gasteiger partial charge in [0.05, 0.1) is 32.6 Å². The maximum Gasteiger partial charge on any atom is 0.346 e. The topological polar surface area (TPSA) is 115 Å². The van der Waals surface area contributed by atoms with Crippen molar-refractivity contribution in [3.8, 4) is 23.0 Å². The maximum absolute atomic E-state index is 11.7. The van der Waals surface area contributed by atoms with E-state index in [4.69, 9.17) is 24.1 Å². The number of rotatable bonds is 15. The fraction of sp³-hybridized carbons (Fsp3) is 0.312. The minimum Gasteiger partial charge on any atom is -0.497 e. The van der Waals surface area contributed by atoms with Crippen molar-refractivity contribution >= 4 is 29.8 Å². The average molecular weight is 562 g/mol. The molecule has 41 heavy (non-hydrogen) atoms. The molecule has 9 nitrogen and oxygen atoms in total. The molecule has 2 N–H and O–H groups in total. The van der Waals surface area contributed by atoms with Gasteiger partial charge in [0, 0.05) is 24.6 Å². The number of carboxylic acids is 2. The van der Waals surface area contributed by atoms with Crippen LogP contribution in [0.2, 0.25) is 0 Å². The molecule has 0 aliphatic carbocycles. The van der Waals surface area contributed by atoms with Crippen molar-refractivity contribution in [3.05, 3.63) is 77.9 Å². The van der Waals surface area contributed by atoms with Crippen molar-refractivity contribution in [2.45, 2.75) is 31.8 Å². The minimum absolute atomic E-state index is 0.0163. The van der Waals surface area contributed by atoms with Crippen LogP contribution in [-0.4, -0.2) is 61.7 Å². The number of aliphatic carboxylic acids is 2. The second-order valence-corrected chi connectivity index (χ2v) is 9.57. The Labute approximate surface area is 239 Å². The molecule has 216 valence electrons. The highest BCUT2D eigenvalue weighted by Crippen LogP contribution is 2.38. The molecule has 3 aromatic rings. The molecule has 9 heteroatoms. The van der Waals surface area contributed by atoms with Crippen LogP contribution in [0.1, 0.15) is 36.8 Å². The first-order valence-corrected chi connectivity index (χ1v) is 13.6. The first-order valence-electron chi connectivity index (χ1n) is 13.6. The summed E-state index contributed by atoms with van der Waals surface area (Å²) in [5.41, 5.74) is 2.45. The number of ether oxygens (including phenoxy) is 4. The summed E-state index contributed by atoms with van der Waals surface area (Å²) in [7, 11) is 1.63. The Kier molecular flexibility index (Phi) is 10.5. The zero-order chi connectivity index (χ0) is 29.0. The minimum atomic E-state index is -1.06. The van der Waals surface area contributed by atoms with E-state index < -0.39 is 18.0 Å². The molecule has 1 atom stereocenters. The quantitative estimate of drug-likeness (QED) is 0.180. The molecule has 0 bridgehead atoms. The van der Waals surface area contributed by atoms with Gasteiger partial charge in [0.1, 0.15) is 17.2 Å². The highest BCUT2D eigenvalue weighted by Gasteiger charge is 2.31. The summed E-state index contributed by atoms with van der Waals surface area (Å²) in [6.45, 7) is 1.76. The van der Waals surface area contributed by atoms with Gasteiger partial charge in [-0.2, -0.15) is 0 Å². The molecule has 0 amide bonds. The third kappa shape index (κ3) is 8.66. The number of unbranched alkanes of at least 4 members (excludes halogenated alkanes) is 1. The first-order chi connectivity index (χ1) is 19.9. The molecular weight excluding hydrogens is 526 g/mol. The molecule has 0 fully saturated rings. The van der Waals surface area contributed by atoms with Crippen molar-refractivity contribution in [1.82, 2.24) is 0 Å². The molecule has 1 heterocycles. The molecule has 0 spiro atoms. The number of anilines is 1. The van der Waals surface area contributed by atoms with Gasteiger partial charge in [-0.15, -0.1) is 0 Å². The lowest BCUT2D eigenvalue weighted by Crippen LogP contribution is -2.45. The SMILES string of the molecule is COc1cccc(OCCCCOc2ccc(/C=C/c3cccc4c3OC(C(=O)O)CN4CCCC(=O)O)cc2)c1. The zero-order valence-corrected chi connectivity index (χ0v) is 23.0. The summed E-state index contributed by atoms with van der Waals surface area (Å²) in [5.74, 6) is 0.870. The van der Waals surface area contributed by atoms with E-state index in [2.05, 4.69) is 0 Å². The van der Waals surface area contributed by atoms with Gasteiger partial charge in [-0.3, -0.25) is 4.79 Å². The lowest BCUT2D eigenvalue weighted by Gasteiger charge is -2.35. The van der Waals surface area contributed by atoms with Crippen LogP contribution in [0.5, 0.6) is 23.0 Å². The second kappa shape index (κ2) is 14.6. The number of carboxylic acid groups (broad SMARTS) is 2. The van der Waals surface area contributed by atoms with E-state index in [1.54, 1.807) is 7.11 Å². The van der Waals surface area contributed by atoms with Gasteiger partial charge >= 0.3 is 11.9 Å². The molecule has 0 aromatic heterocycles. The van der Waals surface area contributed by atoms with Crippen LogP contribution in [0.4, 0.5) is 5.69 Å². The number of hydrogen-bond acceptors (Lipinski definition) is 7. The van der Waals surface area contributed by atoms with Crippen LogP contribution in [0.3, 0.4) is 0 Å². The Hall–Kier alpha value is -4.66. The summed E-state index contributed by atoms with van der Waals surface area (Å²) < 4.78 is 22.7. The molecule has 4 rings (SSSR count). The number of fused-ring (bicyclic) bond motifs is 1. The Balaban J connectivity index is 1.29. The average Bonchev–Trinajstić information content (AvgIpc) is 2.98. The van der Waals surface area contributed by atoms with Crippen molar-refractivity contribution in [3.63, 3.8) is 0 Å². The van der Waals surface area contributed by atoms with Gasteiger partial charge < -0.3 is 34.1 Å². The smallest absolute Gasteiger partial charge is 0.346 e. The molecule has 3 aromatic carbocycles. The van der Waals surface area contributed by atoms with E-state index >= 15 is 0 Å². The Morgan fingerprint density at radius 2 is 1.61 bits per heavy atom. The Morgan fingerprint density at radius 1 is 0.902 bits per heavy atom. The van der Waals surface area contributed by atoms with Crippen LogP contribution in [0, 0.1) is 0 Å². The van der Waals surface area contributed by atoms with Crippen LogP contribution in [0.15, 0.2) is 66.7 Å². The molecule has 1 aliphatic rings. The number of methoxy groups -OCH3 is 1. The van der Waals surface area contributed by atoms with Gasteiger partial charge in [0.2, 0.25) is 6.10 Å². The predicted octanol–water partition coefficient (Wildman–Crippen LogP) is 5.62. The fourth-order valence-corrected chi connectivity index (χ4v) is 4.43. The third-order valence-electron chi connectivity index (χ3n) is 6.56. The third-order valence-corrected chi connectivity index (χ3v) is 6.56. The summed E-state index contributed by atoms with van der Waals surface area (Å²) in [6.07, 6.45) is 4.92. The maximum atomic E-state index is 11.7. The van der Waals surface area contributed by atoms with E-state index in [0.717, 1.165) is 46.9 Å². The largest absolute Gasteiger partial charge is 0.497 e. The molecule has 0 saturated heterocycles. The highest BCUT2D eigenvalue weighted by molar-refractivity contribution is 5.81. The normalized spacial score (nSPS) is 14.3. The van der Waals surface area contributed by atoms with E-state index in [-0.39, 0.29) is 13.0 Å². The summed E-state index contributed by atoms with van der Waals surface area (Å²) in [4.78, 5) is 24.6. The Bertz CT molecular complexity index is 1340. The molecule has 1 aliphatic heterocycles. The summed E-state index contributed by atoms with van der Waals surface area (Å²) in [5, 5.41) is 18.6. The van der Waals surface area contributed by atoms with Crippen LogP contribution >= 0.6 is 0 Å². The van der Waals surface area contributed by atoms with Crippen LogP contribution in [-0.2, 0) is 9.59 Å². The lowest BCUT2D eigenvalue weighted by molar-refractivity contribution is -0.145. The zero-order valence-electron chi connectivity index (χ0n) is 23.0. The second-order valence-electron chi connectivity index (χ2n) is 9.57. The first kappa shape index (κ1) is 29.3. The number of hydrogen-bond donors (Lipinski definition) is 2. The standard InChI is InChI=1S/C32H35NO8/c1-38-26-8-5-9-27(21-26)40-20-3-2-19-39-25-16-13-23(14-17-25)12-15-24-7-4-10-28-31(24)41-29(32(36)37)22-33(28)18-6-11-30(34)35/h4-5,7-10,12-17,21,29H,2-3,6,11,18-20,22H2,1H3,(H,34,35)(H,36,37)/b15-12+. The molecule has 0 radical (unpaired) electrons. The van der Waals surface area contributed by atoms with Gasteiger partial charge in [-0.05, 0) is 55.2 Å². The molecule has 0 saturated carbocycles. The van der Waals surface area contributed by atoms with Gasteiger partial charge in [-0.1, -0.05) is 42.5 Å². The summed E-state index contributed by atoms with van der Waals surface area (Å²) in [6, 6.07) is 20.9. The van der Waals surface area contributed by atoms with Gasteiger partial charge in [0.25, 0.3) is 0 Å². The van der Waals surface area contributed by atoms with Gasteiger partial charge in [-0.25, -0.2) is 4.79 Å². The van der Waals surface area contributed by atoms with E-state index in [1.165, 1.54) is 0 Å². The molecular formula is C32H35NO8. The fourth-order valence-electron chi connectivity index (χ4n) is 4.43. The van der Waals surface area contributed by atoms with Crippen molar-refractivity contribution in [2.75, 3.05) is 38.3 Å². The van der Waals surface area contributed by atoms with E-state index in [1.807, 2.05) is 83.8 Å². The number of carbonyl (C=O) groups is 2. The highest BCUT2D eigenvalue weighted by atomic mass is 16.5. The van der Waals surface area contributed by atoms with Crippen LogP contribution in [0.25, 0.3) is 12.2 Å². The lowest BCUT2D eigenvalue weighted by atomic mass is 10.1. The van der Waals surface area contributed by atoms with Crippen molar-refractivity contribution in [1.29, 1.82) is 0 Å². The summed E-state index contributed by atoms with van der Waals surface area (Å²) >= 11 is 0. The number of para-hydroxylation sites is 1. The van der Waals surface area contributed by atoms with Crippen LogP contribution < -0.4 is 23.8 Å². The Morgan fingerprint density at radius 3 is 2.32 bits per heavy atom. The number of benzene rings is 3. The molecule has 1 unspecified atom stereocenters. The van der Waals surface area contributed by atoms with Crippen molar-refractivity contribution in [2.24, 2.45) is 0 Å². The van der Waals surface area contributed by atoms with Crippen molar-refractivity contribution < 1.29 is 38.7 Å². The van der Waals surface area contributed by atoms with E-state index in [0.29, 0.717) is 31.9 Å². The number of nitrogens with zero attached hydrogens (tertiary/aromatic N) is 1. The predicted molar refractivity (Wildman–Crippen MR) is 156 cm³/mol. The van der Waals surface area contributed by atoms with E-state index in [9.17, 15) is 14.7 Å². The monoisotopic (exact) mass is 561 g/mol.